The molecule has 1 aliphatic heterocycles. The van der Waals surface area contributed by atoms with E-state index in [-0.39, 0.29) is 10.9 Å². The molecule has 1 saturated heterocycles. The van der Waals surface area contributed by atoms with Crippen LogP contribution in [-0.4, -0.2) is 41.5 Å². The Hall–Kier alpha value is -0.680. The second-order valence-electron chi connectivity index (χ2n) is 6.00. The molecule has 0 aromatic rings. The number of nitrogens with zero attached hydrogens (tertiary/aromatic N) is 1. The van der Waals surface area contributed by atoms with Crippen LogP contribution >= 0.6 is 12.2 Å². The lowest BCUT2D eigenvalue weighted by molar-refractivity contribution is -0.127. The summed E-state index contributed by atoms with van der Waals surface area (Å²) in [4.78, 5) is 14.9. The van der Waals surface area contributed by atoms with E-state index in [4.69, 9.17) is 18.0 Å². The SMILES string of the molecule is CCC(C)(C(=O)NCC1CCN(C(C)C)C1)C(N)=S. The molecule has 110 valence electrons. The number of amides is 1. The predicted molar refractivity (Wildman–Crippen MR) is 83.0 cm³/mol. The summed E-state index contributed by atoms with van der Waals surface area (Å²) >= 11 is 5.02. The Bertz CT molecular complexity index is 346. The predicted octanol–water partition coefficient (Wildman–Crippen LogP) is 1.54. The number of thiocarbonyl (C=S) groups is 1. The average Bonchev–Trinajstić information content (AvgIpc) is 2.83. The first-order valence-electron chi connectivity index (χ1n) is 7.13. The summed E-state index contributed by atoms with van der Waals surface area (Å²) in [7, 11) is 0. The number of nitrogens with one attached hydrogen (secondary N) is 1. The molecule has 0 bridgehead atoms. The number of likely N-dealkylation sites (tertiary alicyclic amines) is 1. The minimum Gasteiger partial charge on any atom is -0.392 e. The van der Waals surface area contributed by atoms with Crippen LogP contribution in [0, 0.1) is 11.3 Å². The summed E-state index contributed by atoms with van der Waals surface area (Å²) in [6.07, 6.45) is 1.78. The van der Waals surface area contributed by atoms with E-state index < -0.39 is 5.41 Å². The molecule has 1 aliphatic rings. The van der Waals surface area contributed by atoms with Gasteiger partial charge in [-0.15, -0.1) is 0 Å². The van der Waals surface area contributed by atoms with Gasteiger partial charge in [-0.1, -0.05) is 19.1 Å². The van der Waals surface area contributed by atoms with Crippen molar-refractivity contribution in [2.24, 2.45) is 17.1 Å². The summed E-state index contributed by atoms with van der Waals surface area (Å²) in [5, 5.41) is 3.02. The van der Waals surface area contributed by atoms with Crippen LogP contribution in [0.5, 0.6) is 0 Å². The summed E-state index contributed by atoms with van der Waals surface area (Å²) in [5.74, 6) is 0.504. The van der Waals surface area contributed by atoms with Crippen molar-refractivity contribution in [1.29, 1.82) is 0 Å². The van der Waals surface area contributed by atoms with Gasteiger partial charge in [0.2, 0.25) is 5.91 Å². The van der Waals surface area contributed by atoms with Crippen molar-refractivity contribution in [3.8, 4) is 0 Å². The van der Waals surface area contributed by atoms with Crippen LogP contribution in [0.1, 0.15) is 40.5 Å². The van der Waals surface area contributed by atoms with Crippen LogP contribution in [-0.2, 0) is 4.79 Å². The minimum atomic E-state index is -0.717. The molecule has 19 heavy (non-hydrogen) atoms. The van der Waals surface area contributed by atoms with Crippen LogP contribution in [0.25, 0.3) is 0 Å². The number of carbonyl (C=O) groups excluding carboxylic acids is 1. The Morgan fingerprint density at radius 2 is 2.21 bits per heavy atom. The van der Waals surface area contributed by atoms with E-state index in [1.54, 1.807) is 0 Å². The van der Waals surface area contributed by atoms with Gasteiger partial charge in [0.25, 0.3) is 0 Å². The molecule has 1 heterocycles. The number of hydrogen-bond donors (Lipinski definition) is 2. The van der Waals surface area contributed by atoms with Gasteiger partial charge in [0, 0.05) is 19.1 Å². The zero-order chi connectivity index (χ0) is 14.6. The first kappa shape index (κ1) is 16.4. The van der Waals surface area contributed by atoms with Crippen molar-refractivity contribution >= 4 is 23.1 Å². The molecule has 0 saturated carbocycles. The van der Waals surface area contributed by atoms with Crippen molar-refractivity contribution in [3.05, 3.63) is 0 Å². The Labute approximate surface area is 122 Å². The lowest BCUT2D eigenvalue weighted by atomic mass is 9.86. The van der Waals surface area contributed by atoms with Gasteiger partial charge in [0.1, 0.15) is 0 Å². The van der Waals surface area contributed by atoms with Crippen molar-refractivity contribution in [1.82, 2.24) is 10.2 Å². The molecule has 1 fully saturated rings. The van der Waals surface area contributed by atoms with Crippen LogP contribution in [0.2, 0.25) is 0 Å². The molecule has 1 amide bonds. The van der Waals surface area contributed by atoms with Gasteiger partial charge in [0.15, 0.2) is 0 Å². The Morgan fingerprint density at radius 1 is 1.58 bits per heavy atom. The van der Waals surface area contributed by atoms with Crippen molar-refractivity contribution < 1.29 is 4.79 Å². The van der Waals surface area contributed by atoms with Crippen LogP contribution in [0.4, 0.5) is 0 Å². The van der Waals surface area contributed by atoms with E-state index in [9.17, 15) is 4.79 Å². The molecule has 1 rings (SSSR count). The van der Waals surface area contributed by atoms with E-state index >= 15 is 0 Å². The summed E-state index contributed by atoms with van der Waals surface area (Å²) in [6, 6.07) is 0.582. The maximum absolute atomic E-state index is 12.2. The van der Waals surface area contributed by atoms with Crippen LogP contribution in [0.3, 0.4) is 0 Å². The summed E-state index contributed by atoms with van der Waals surface area (Å²) < 4.78 is 0. The smallest absolute Gasteiger partial charge is 0.232 e. The normalized spacial score (nSPS) is 23.3. The fraction of sp³-hybridized carbons (Fsp3) is 0.857. The third kappa shape index (κ3) is 3.89. The molecule has 5 heteroatoms. The molecule has 0 spiro atoms. The standard InChI is InChI=1S/C14H27N3OS/c1-5-14(4,12(15)19)13(18)16-8-11-6-7-17(9-11)10(2)3/h10-11H,5-9H2,1-4H3,(H2,15,19)(H,16,18). The molecule has 0 aliphatic carbocycles. The van der Waals surface area contributed by atoms with Gasteiger partial charge in [-0.3, -0.25) is 4.79 Å². The zero-order valence-corrected chi connectivity index (χ0v) is 13.3. The third-order valence-electron chi connectivity index (χ3n) is 4.35. The summed E-state index contributed by atoms with van der Waals surface area (Å²) in [6.45, 7) is 11.1. The lowest BCUT2D eigenvalue weighted by Crippen LogP contribution is -2.47. The first-order chi connectivity index (χ1) is 8.81. The Morgan fingerprint density at radius 3 is 2.63 bits per heavy atom. The highest BCUT2D eigenvalue weighted by atomic mass is 32.1. The second kappa shape index (κ2) is 6.66. The van der Waals surface area contributed by atoms with E-state index in [0.29, 0.717) is 18.4 Å². The van der Waals surface area contributed by atoms with Gasteiger partial charge in [-0.05, 0) is 46.1 Å². The molecule has 4 nitrogen and oxygen atoms in total. The van der Waals surface area contributed by atoms with E-state index in [0.717, 1.165) is 26.1 Å². The van der Waals surface area contributed by atoms with E-state index in [1.165, 1.54) is 0 Å². The zero-order valence-electron chi connectivity index (χ0n) is 12.5. The largest absolute Gasteiger partial charge is 0.392 e. The maximum Gasteiger partial charge on any atom is 0.232 e. The molecule has 0 aromatic heterocycles. The lowest BCUT2D eigenvalue weighted by Gasteiger charge is -2.26. The van der Waals surface area contributed by atoms with Gasteiger partial charge in [-0.2, -0.15) is 0 Å². The molecule has 0 aromatic carbocycles. The second-order valence-corrected chi connectivity index (χ2v) is 6.44. The number of rotatable bonds is 6. The van der Waals surface area contributed by atoms with E-state index in [2.05, 4.69) is 24.1 Å². The fourth-order valence-corrected chi connectivity index (χ4v) is 2.61. The Kier molecular flexibility index (Phi) is 5.74. The molecule has 2 unspecified atom stereocenters. The van der Waals surface area contributed by atoms with Gasteiger partial charge in [0.05, 0.1) is 10.4 Å². The van der Waals surface area contributed by atoms with Crippen molar-refractivity contribution in [2.45, 2.75) is 46.6 Å². The minimum absolute atomic E-state index is 0.0366. The highest BCUT2D eigenvalue weighted by Gasteiger charge is 2.35. The molecular weight excluding hydrogens is 258 g/mol. The Balaban J connectivity index is 2.45. The number of hydrogen-bond acceptors (Lipinski definition) is 3. The van der Waals surface area contributed by atoms with Crippen molar-refractivity contribution in [2.75, 3.05) is 19.6 Å². The summed E-state index contributed by atoms with van der Waals surface area (Å²) in [5.41, 5.74) is 4.97. The average molecular weight is 285 g/mol. The molecule has 3 N–H and O–H groups in total. The number of carbonyl (C=O) groups is 1. The van der Waals surface area contributed by atoms with Gasteiger partial charge >= 0.3 is 0 Å². The highest BCUT2D eigenvalue weighted by Crippen LogP contribution is 2.23. The fourth-order valence-electron chi connectivity index (χ4n) is 2.38. The molecule has 2 atom stereocenters. The maximum atomic E-state index is 12.2. The van der Waals surface area contributed by atoms with Gasteiger partial charge < -0.3 is 16.0 Å². The topological polar surface area (TPSA) is 58.4 Å². The first-order valence-corrected chi connectivity index (χ1v) is 7.54. The number of nitrogens with two attached hydrogens (primary N) is 1. The van der Waals surface area contributed by atoms with Gasteiger partial charge in [-0.25, -0.2) is 0 Å². The molecular formula is C14H27N3OS. The third-order valence-corrected chi connectivity index (χ3v) is 4.80. The van der Waals surface area contributed by atoms with Crippen LogP contribution < -0.4 is 11.1 Å². The molecule has 0 radical (unpaired) electrons. The monoisotopic (exact) mass is 285 g/mol. The highest BCUT2D eigenvalue weighted by molar-refractivity contribution is 7.80. The quantitative estimate of drug-likeness (QED) is 0.727. The van der Waals surface area contributed by atoms with Crippen molar-refractivity contribution in [3.63, 3.8) is 0 Å². The van der Waals surface area contributed by atoms with E-state index in [1.807, 2.05) is 13.8 Å². The van der Waals surface area contributed by atoms with Crippen LogP contribution in [0.15, 0.2) is 0 Å².